The van der Waals surface area contributed by atoms with Gasteiger partial charge in [-0.2, -0.15) is 0 Å². The van der Waals surface area contributed by atoms with E-state index in [9.17, 15) is 0 Å². The van der Waals surface area contributed by atoms with Crippen molar-refractivity contribution in [1.29, 1.82) is 0 Å². The van der Waals surface area contributed by atoms with Gasteiger partial charge in [-0.3, -0.25) is 0 Å². The minimum absolute atomic E-state index is 0.0350. The highest BCUT2D eigenvalue weighted by Crippen LogP contribution is 2.49. The summed E-state index contributed by atoms with van der Waals surface area (Å²) in [5.41, 5.74) is 14.8. The van der Waals surface area contributed by atoms with Crippen LogP contribution in [-0.2, 0) is 5.41 Å². The fourth-order valence-electron chi connectivity index (χ4n) is 4.33. The first-order chi connectivity index (χ1) is 12.5. The van der Waals surface area contributed by atoms with Gasteiger partial charge >= 0.3 is 0 Å². The van der Waals surface area contributed by atoms with Crippen LogP contribution in [-0.4, -0.2) is 0 Å². The number of hydrogen-bond acceptors (Lipinski definition) is 1. The number of nitrogen functional groups attached to an aromatic ring is 1. The van der Waals surface area contributed by atoms with E-state index >= 15 is 0 Å². The smallest absolute Gasteiger partial charge is 0.0320 e. The van der Waals surface area contributed by atoms with E-state index in [1.54, 1.807) is 0 Å². The summed E-state index contributed by atoms with van der Waals surface area (Å²) in [7, 11) is 0. The second-order valence-electron chi connectivity index (χ2n) is 7.75. The van der Waals surface area contributed by atoms with Gasteiger partial charge in [-0.1, -0.05) is 68.4 Å². The van der Waals surface area contributed by atoms with Crippen LogP contribution in [0.5, 0.6) is 0 Å². The highest BCUT2D eigenvalue weighted by atomic mass is 14.5. The zero-order valence-corrected chi connectivity index (χ0v) is 15.1. The maximum atomic E-state index is 5.91. The number of anilines is 1. The zero-order chi connectivity index (χ0) is 17.9. The van der Waals surface area contributed by atoms with Gasteiger partial charge in [0.1, 0.15) is 0 Å². The molecule has 0 bridgehead atoms. The molecule has 0 atom stereocenters. The van der Waals surface area contributed by atoms with Crippen molar-refractivity contribution < 1.29 is 0 Å². The molecule has 1 heteroatoms. The summed E-state index contributed by atoms with van der Waals surface area (Å²) in [6.07, 6.45) is 0. The van der Waals surface area contributed by atoms with Crippen LogP contribution in [0.15, 0.2) is 78.9 Å². The molecule has 0 unspecified atom stereocenters. The van der Waals surface area contributed by atoms with Gasteiger partial charge < -0.3 is 5.73 Å². The summed E-state index contributed by atoms with van der Waals surface area (Å²) in [6, 6.07) is 28.4. The molecule has 0 heterocycles. The molecule has 0 aromatic heterocycles. The Morgan fingerprint density at radius 1 is 0.615 bits per heavy atom. The Kier molecular flexibility index (Phi) is 3.05. The third-order valence-electron chi connectivity index (χ3n) is 5.78. The van der Waals surface area contributed by atoms with Gasteiger partial charge in [0.25, 0.3) is 0 Å². The summed E-state index contributed by atoms with van der Waals surface area (Å²) >= 11 is 0. The van der Waals surface area contributed by atoms with Crippen molar-refractivity contribution in [2.24, 2.45) is 0 Å². The van der Waals surface area contributed by atoms with Crippen molar-refractivity contribution in [2.45, 2.75) is 19.3 Å². The lowest BCUT2D eigenvalue weighted by atomic mass is 9.81. The van der Waals surface area contributed by atoms with Crippen LogP contribution >= 0.6 is 0 Å². The Balaban J connectivity index is 1.67. The molecule has 0 spiro atoms. The van der Waals surface area contributed by atoms with Crippen molar-refractivity contribution >= 4 is 16.5 Å². The maximum absolute atomic E-state index is 5.91. The summed E-state index contributed by atoms with van der Waals surface area (Å²) in [5, 5.41) is 2.40. The van der Waals surface area contributed by atoms with Crippen molar-refractivity contribution in [1.82, 2.24) is 0 Å². The number of nitrogens with two attached hydrogens (primary N) is 1. The second-order valence-corrected chi connectivity index (χ2v) is 7.75. The van der Waals surface area contributed by atoms with Crippen molar-refractivity contribution in [3.8, 4) is 22.3 Å². The van der Waals surface area contributed by atoms with Crippen LogP contribution in [0.25, 0.3) is 33.0 Å². The molecule has 0 amide bonds. The molecule has 1 nitrogen and oxygen atoms in total. The monoisotopic (exact) mass is 335 g/mol. The van der Waals surface area contributed by atoms with E-state index < -0.39 is 0 Å². The first-order valence-corrected chi connectivity index (χ1v) is 9.08. The summed E-state index contributed by atoms with van der Waals surface area (Å²) in [4.78, 5) is 0. The number of benzene rings is 4. The van der Waals surface area contributed by atoms with Crippen LogP contribution in [0.2, 0.25) is 0 Å². The van der Waals surface area contributed by atoms with Gasteiger partial charge in [-0.15, -0.1) is 0 Å². The molecule has 0 saturated carbocycles. The Morgan fingerprint density at radius 2 is 1.27 bits per heavy atom. The second kappa shape index (κ2) is 5.22. The molecule has 1 aliphatic carbocycles. The highest BCUT2D eigenvalue weighted by molar-refractivity contribution is 5.90. The molecular weight excluding hydrogens is 314 g/mol. The molecule has 1 aliphatic rings. The Hall–Kier alpha value is -3.06. The number of hydrogen-bond donors (Lipinski definition) is 1. The summed E-state index contributed by atoms with van der Waals surface area (Å²) in [5.74, 6) is 0. The van der Waals surface area contributed by atoms with Crippen LogP contribution in [0.1, 0.15) is 25.0 Å². The average Bonchev–Trinajstić information content (AvgIpc) is 2.89. The van der Waals surface area contributed by atoms with Crippen LogP contribution in [0, 0.1) is 0 Å². The number of rotatable bonds is 1. The quantitative estimate of drug-likeness (QED) is 0.400. The third-order valence-corrected chi connectivity index (χ3v) is 5.78. The van der Waals surface area contributed by atoms with Crippen LogP contribution < -0.4 is 5.73 Å². The van der Waals surface area contributed by atoms with Gasteiger partial charge in [0.05, 0.1) is 0 Å². The summed E-state index contributed by atoms with van der Waals surface area (Å²) < 4.78 is 0. The van der Waals surface area contributed by atoms with Gasteiger partial charge in [0.15, 0.2) is 0 Å². The fraction of sp³-hybridized carbons (Fsp3) is 0.120. The molecule has 26 heavy (non-hydrogen) atoms. The Labute approximate surface area is 154 Å². The molecule has 5 rings (SSSR count). The van der Waals surface area contributed by atoms with Crippen molar-refractivity contribution in [3.05, 3.63) is 90.0 Å². The molecule has 0 radical (unpaired) electrons. The normalized spacial score (nSPS) is 14.2. The maximum Gasteiger partial charge on any atom is 0.0320 e. The lowest BCUT2D eigenvalue weighted by Crippen LogP contribution is -2.14. The van der Waals surface area contributed by atoms with E-state index in [2.05, 4.69) is 80.6 Å². The van der Waals surface area contributed by atoms with E-state index in [1.165, 1.54) is 44.2 Å². The van der Waals surface area contributed by atoms with E-state index in [4.69, 9.17) is 5.73 Å². The molecular formula is C25H21N. The van der Waals surface area contributed by atoms with Crippen LogP contribution in [0.3, 0.4) is 0 Å². The van der Waals surface area contributed by atoms with E-state index in [0.29, 0.717) is 0 Å². The topological polar surface area (TPSA) is 26.0 Å². The van der Waals surface area contributed by atoms with Gasteiger partial charge in [-0.05, 0) is 68.4 Å². The molecule has 2 N–H and O–H groups in total. The molecule has 4 aromatic carbocycles. The lowest BCUT2D eigenvalue weighted by molar-refractivity contribution is 0.660. The van der Waals surface area contributed by atoms with Crippen LogP contribution in [0.4, 0.5) is 5.69 Å². The average molecular weight is 335 g/mol. The SMILES string of the molecule is CC1(C)c2ccccc2-c2ccc(-c3ccc4cc(N)ccc4c3)cc21. The van der Waals surface area contributed by atoms with Gasteiger partial charge in [-0.25, -0.2) is 0 Å². The number of fused-ring (bicyclic) bond motifs is 4. The van der Waals surface area contributed by atoms with Gasteiger partial charge in [0, 0.05) is 11.1 Å². The molecule has 0 saturated heterocycles. The minimum Gasteiger partial charge on any atom is -0.399 e. The highest BCUT2D eigenvalue weighted by Gasteiger charge is 2.35. The lowest BCUT2D eigenvalue weighted by Gasteiger charge is -2.22. The van der Waals surface area contributed by atoms with E-state index in [-0.39, 0.29) is 5.41 Å². The minimum atomic E-state index is 0.0350. The van der Waals surface area contributed by atoms with E-state index in [0.717, 1.165) is 5.69 Å². The standard InChI is InChI=1S/C25H21N/c1-25(2)23-6-4-3-5-21(23)22-12-10-19(15-24(22)25)16-7-8-18-14-20(26)11-9-17(18)13-16/h3-15H,26H2,1-2H3. The van der Waals surface area contributed by atoms with Crippen molar-refractivity contribution in [3.63, 3.8) is 0 Å². The Bertz CT molecular complexity index is 1170. The largest absolute Gasteiger partial charge is 0.399 e. The molecule has 4 aromatic rings. The predicted octanol–water partition coefficient (Wildman–Crippen LogP) is 6.40. The molecule has 0 aliphatic heterocycles. The van der Waals surface area contributed by atoms with Crippen molar-refractivity contribution in [2.75, 3.05) is 5.73 Å². The zero-order valence-electron chi connectivity index (χ0n) is 15.1. The van der Waals surface area contributed by atoms with E-state index in [1.807, 2.05) is 12.1 Å². The molecule has 0 fully saturated rings. The van der Waals surface area contributed by atoms with Gasteiger partial charge in [0.2, 0.25) is 0 Å². The molecule has 126 valence electrons. The predicted molar refractivity (Wildman–Crippen MR) is 111 cm³/mol. The fourth-order valence-corrected chi connectivity index (χ4v) is 4.33. The first-order valence-electron chi connectivity index (χ1n) is 9.08. The summed E-state index contributed by atoms with van der Waals surface area (Å²) in [6.45, 7) is 4.65. The Morgan fingerprint density at radius 3 is 2.15 bits per heavy atom. The third kappa shape index (κ3) is 2.10. The first kappa shape index (κ1) is 15.2.